The Morgan fingerprint density at radius 1 is 1.50 bits per heavy atom. The van der Waals surface area contributed by atoms with Crippen molar-refractivity contribution < 1.29 is 4.42 Å². The lowest BCUT2D eigenvalue weighted by atomic mass is 9.93. The van der Waals surface area contributed by atoms with Crippen LogP contribution in [0.1, 0.15) is 32.4 Å². The van der Waals surface area contributed by atoms with E-state index in [2.05, 4.69) is 32.7 Å². The molecule has 0 saturated carbocycles. The molecule has 2 nitrogen and oxygen atoms in total. The van der Waals surface area contributed by atoms with Gasteiger partial charge in [-0.05, 0) is 0 Å². The van der Waals surface area contributed by atoms with Crippen LogP contribution in [-0.4, -0.2) is 4.98 Å². The molecular formula is C8H12NO. The molecule has 0 bridgehead atoms. The van der Waals surface area contributed by atoms with Gasteiger partial charge in [0.15, 0.2) is 5.89 Å². The van der Waals surface area contributed by atoms with Gasteiger partial charge in [0.2, 0.25) is 0 Å². The maximum atomic E-state index is 4.97. The Hall–Kier alpha value is -0.790. The van der Waals surface area contributed by atoms with E-state index in [-0.39, 0.29) is 5.41 Å². The third-order valence-electron chi connectivity index (χ3n) is 1.32. The molecule has 0 amide bonds. The second kappa shape index (κ2) is 2.11. The number of hydrogen-bond acceptors (Lipinski definition) is 2. The minimum absolute atomic E-state index is 0.0689. The van der Waals surface area contributed by atoms with Crippen molar-refractivity contribution in [2.24, 2.45) is 0 Å². The summed E-state index contributed by atoms with van der Waals surface area (Å²) in [5.41, 5.74) is 1.02. The molecule has 1 heterocycles. The number of hydrogen-bond donors (Lipinski definition) is 0. The minimum atomic E-state index is 0.0689. The van der Waals surface area contributed by atoms with Crippen molar-refractivity contribution in [3.8, 4) is 0 Å². The van der Waals surface area contributed by atoms with Gasteiger partial charge in [0.05, 0.1) is 5.69 Å². The largest absolute Gasteiger partial charge is 0.449 e. The second-order valence-electron chi connectivity index (χ2n) is 3.38. The molecular weight excluding hydrogens is 126 g/mol. The lowest BCUT2D eigenvalue weighted by Crippen LogP contribution is -2.11. The Morgan fingerprint density at radius 2 is 2.10 bits per heavy atom. The fourth-order valence-corrected chi connectivity index (χ4v) is 0.655. The first-order chi connectivity index (χ1) is 4.50. The standard InChI is InChI=1S/C8H12NO/c1-6-9-7(5-10-6)8(2,3)4/h5H,1H2,2-4H3. The van der Waals surface area contributed by atoms with E-state index in [0.717, 1.165) is 5.69 Å². The normalized spacial score (nSPS) is 12.0. The fourth-order valence-electron chi connectivity index (χ4n) is 0.655. The second-order valence-corrected chi connectivity index (χ2v) is 3.38. The first-order valence-electron chi connectivity index (χ1n) is 3.28. The third-order valence-corrected chi connectivity index (χ3v) is 1.32. The van der Waals surface area contributed by atoms with Gasteiger partial charge in [0.25, 0.3) is 0 Å². The summed E-state index contributed by atoms with van der Waals surface area (Å²) in [5, 5.41) is 0. The van der Waals surface area contributed by atoms with Crippen molar-refractivity contribution in [1.29, 1.82) is 0 Å². The molecule has 55 valence electrons. The van der Waals surface area contributed by atoms with Gasteiger partial charge in [-0.3, -0.25) is 0 Å². The molecule has 0 saturated heterocycles. The van der Waals surface area contributed by atoms with E-state index in [1.165, 1.54) is 0 Å². The molecule has 0 spiro atoms. The predicted octanol–water partition coefficient (Wildman–Crippen LogP) is 2.15. The molecule has 10 heavy (non-hydrogen) atoms. The highest BCUT2D eigenvalue weighted by molar-refractivity contribution is 5.08. The average Bonchev–Trinajstić information content (AvgIpc) is 2.11. The van der Waals surface area contributed by atoms with Crippen molar-refractivity contribution in [3.63, 3.8) is 0 Å². The van der Waals surface area contributed by atoms with Gasteiger partial charge in [0, 0.05) is 12.3 Å². The minimum Gasteiger partial charge on any atom is -0.449 e. The summed E-state index contributed by atoms with van der Waals surface area (Å²) in [6.07, 6.45) is 1.66. The predicted molar refractivity (Wildman–Crippen MR) is 39.7 cm³/mol. The molecule has 1 radical (unpaired) electrons. The van der Waals surface area contributed by atoms with Crippen LogP contribution in [0, 0.1) is 6.92 Å². The molecule has 2 heteroatoms. The Labute approximate surface area is 61.3 Å². The maximum Gasteiger partial charge on any atom is 0.194 e. The van der Waals surface area contributed by atoms with Gasteiger partial charge in [-0.15, -0.1) is 0 Å². The molecule has 0 aliphatic carbocycles. The lowest BCUT2D eigenvalue weighted by Gasteiger charge is -2.12. The van der Waals surface area contributed by atoms with E-state index in [1.54, 1.807) is 6.26 Å². The molecule has 0 aliphatic heterocycles. The molecule has 0 fully saturated rings. The Bertz CT molecular complexity index is 219. The van der Waals surface area contributed by atoms with Crippen LogP contribution in [0.4, 0.5) is 0 Å². The van der Waals surface area contributed by atoms with Crippen molar-refractivity contribution in [2.75, 3.05) is 0 Å². The van der Waals surface area contributed by atoms with Crippen LogP contribution in [0.15, 0.2) is 10.7 Å². The topological polar surface area (TPSA) is 26.0 Å². The van der Waals surface area contributed by atoms with Crippen molar-refractivity contribution >= 4 is 0 Å². The van der Waals surface area contributed by atoms with Crippen LogP contribution in [0.3, 0.4) is 0 Å². The Kier molecular flexibility index (Phi) is 1.55. The van der Waals surface area contributed by atoms with E-state index in [9.17, 15) is 0 Å². The maximum absolute atomic E-state index is 4.97. The van der Waals surface area contributed by atoms with Crippen LogP contribution >= 0.6 is 0 Å². The van der Waals surface area contributed by atoms with Crippen LogP contribution in [0.5, 0.6) is 0 Å². The average molecular weight is 138 g/mol. The highest BCUT2D eigenvalue weighted by Gasteiger charge is 2.17. The summed E-state index contributed by atoms with van der Waals surface area (Å²) < 4.78 is 4.97. The molecule has 0 atom stereocenters. The van der Waals surface area contributed by atoms with E-state index >= 15 is 0 Å². The van der Waals surface area contributed by atoms with E-state index in [4.69, 9.17) is 4.42 Å². The third kappa shape index (κ3) is 1.38. The first-order valence-corrected chi connectivity index (χ1v) is 3.28. The first kappa shape index (κ1) is 7.32. The smallest absolute Gasteiger partial charge is 0.194 e. The SMILES string of the molecule is [CH2]c1nc(C(C)(C)C)co1. The molecule has 0 aliphatic rings. The van der Waals surface area contributed by atoms with E-state index in [0.29, 0.717) is 5.89 Å². The zero-order valence-corrected chi connectivity index (χ0v) is 6.64. The van der Waals surface area contributed by atoms with Crippen molar-refractivity contribution in [1.82, 2.24) is 4.98 Å². The van der Waals surface area contributed by atoms with Gasteiger partial charge in [-0.1, -0.05) is 20.8 Å². The Balaban J connectivity index is 2.96. The van der Waals surface area contributed by atoms with Crippen molar-refractivity contribution in [3.05, 3.63) is 24.8 Å². The number of aromatic nitrogens is 1. The molecule has 1 aromatic rings. The summed E-state index contributed by atoms with van der Waals surface area (Å²) in [6.45, 7) is 9.84. The quantitative estimate of drug-likeness (QED) is 0.549. The van der Waals surface area contributed by atoms with Gasteiger partial charge < -0.3 is 4.42 Å². The Morgan fingerprint density at radius 3 is 2.30 bits per heavy atom. The highest BCUT2D eigenvalue weighted by atomic mass is 16.3. The van der Waals surface area contributed by atoms with Gasteiger partial charge >= 0.3 is 0 Å². The summed E-state index contributed by atoms with van der Waals surface area (Å²) >= 11 is 0. The fraction of sp³-hybridized carbons (Fsp3) is 0.500. The molecule has 1 rings (SSSR count). The monoisotopic (exact) mass is 138 g/mol. The van der Waals surface area contributed by atoms with Crippen LogP contribution in [0.2, 0.25) is 0 Å². The number of nitrogens with zero attached hydrogens (tertiary/aromatic N) is 1. The lowest BCUT2D eigenvalue weighted by molar-refractivity contribution is 0.525. The van der Waals surface area contributed by atoms with E-state index < -0.39 is 0 Å². The highest BCUT2D eigenvalue weighted by Crippen LogP contribution is 2.20. The summed E-state index contributed by atoms with van der Waals surface area (Å²) in [4.78, 5) is 4.10. The molecule has 0 N–H and O–H groups in total. The summed E-state index contributed by atoms with van der Waals surface area (Å²) in [5.74, 6) is 0.491. The zero-order chi connectivity index (χ0) is 7.78. The summed E-state index contributed by atoms with van der Waals surface area (Å²) in [6, 6.07) is 0. The van der Waals surface area contributed by atoms with Crippen LogP contribution < -0.4 is 0 Å². The van der Waals surface area contributed by atoms with Gasteiger partial charge in [0.1, 0.15) is 6.26 Å². The van der Waals surface area contributed by atoms with Gasteiger partial charge in [-0.25, -0.2) is 4.98 Å². The molecule has 1 aromatic heterocycles. The van der Waals surface area contributed by atoms with Crippen molar-refractivity contribution in [2.45, 2.75) is 26.2 Å². The zero-order valence-electron chi connectivity index (χ0n) is 6.64. The van der Waals surface area contributed by atoms with Crippen LogP contribution in [0.25, 0.3) is 0 Å². The number of rotatable bonds is 0. The summed E-state index contributed by atoms with van der Waals surface area (Å²) in [7, 11) is 0. The molecule has 0 unspecified atom stereocenters. The van der Waals surface area contributed by atoms with Crippen LogP contribution in [-0.2, 0) is 5.41 Å². The molecule has 0 aromatic carbocycles. The number of oxazole rings is 1. The van der Waals surface area contributed by atoms with Gasteiger partial charge in [-0.2, -0.15) is 0 Å². The van der Waals surface area contributed by atoms with E-state index in [1.807, 2.05) is 0 Å².